The van der Waals surface area contributed by atoms with Crippen molar-refractivity contribution in [3.63, 3.8) is 0 Å². The van der Waals surface area contributed by atoms with Crippen molar-refractivity contribution in [2.45, 2.75) is 10.8 Å². The Balaban J connectivity index is 1.10. The number of nitrogens with zero attached hydrogens (tertiary/aromatic N) is 1. The second kappa shape index (κ2) is 16.5. The average Bonchev–Trinajstić information content (AvgIpc) is 3.92. The summed E-state index contributed by atoms with van der Waals surface area (Å²) in [5.74, 6) is 0. The fraction of sp³-hybridized carbons (Fsp3) is 0.0294. The summed E-state index contributed by atoms with van der Waals surface area (Å²) in [5, 5.41) is 0. The van der Waals surface area contributed by atoms with Gasteiger partial charge in [-0.1, -0.05) is 249 Å². The van der Waals surface area contributed by atoms with Gasteiger partial charge < -0.3 is 4.90 Å². The molecule has 13 rings (SSSR count). The third-order valence-corrected chi connectivity index (χ3v) is 14.8. The third-order valence-electron chi connectivity index (χ3n) is 14.8. The first-order chi connectivity index (χ1) is 34.2. The monoisotopic (exact) mass is 877 g/mol. The summed E-state index contributed by atoms with van der Waals surface area (Å²) in [6.45, 7) is 0. The number of rotatable bonds is 9. The highest BCUT2D eigenvalue weighted by atomic mass is 15.1. The van der Waals surface area contributed by atoms with E-state index in [1.807, 2.05) is 0 Å². The molecule has 1 heteroatoms. The molecule has 0 spiro atoms. The lowest BCUT2D eigenvalue weighted by molar-refractivity contribution is 0.768. The summed E-state index contributed by atoms with van der Waals surface area (Å²) in [7, 11) is 0. The minimum Gasteiger partial charge on any atom is -0.310 e. The van der Waals surface area contributed by atoms with E-state index >= 15 is 0 Å². The lowest BCUT2D eigenvalue weighted by Crippen LogP contribution is -2.28. The molecular weight excluding hydrogens is 831 g/mol. The Morgan fingerprint density at radius 2 is 0.594 bits per heavy atom. The van der Waals surface area contributed by atoms with E-state index in [1.165, 1.54) is 77.9 Å². The summed E-state index contributed by atoms with van der Waals surface area (Å²) in [4.78, 5) is 2.52. The van der Waals surface area contributed by atoms with Crippen LogP contribution in [0, 0.1) is 0 Å². The highest BCUT2D eigenvalue weighted by Crippen LogP contribution is 2.60. The van der Waals surface area contributed by atoms with Crippen LogP contribution in [0.1, 0.15) is 44.5 Å². The van der Waals surface area contributed by atoms with Crippen LogP contribution < -0.4 is 4.90 Å². The normalized spacial score (nSPS) is 13.4. The van der Waals surface area contributed by atoms with Crippen molar-refractivity contribution >= 4 is 17.1 Å². The minimum atomic E-state index is -0.549. The third kappa shape index (κ3) is 6.24. The van der Waals surface area contributed by atoms with Crippen LogP contribution in [0.4, 0.5) is 17.1 Å². The molecule has 11 aromatic rings. The molecule has 0 fully saturated rings. The second-order valence-electron chi connectivity index (χ2n) is 18.3. The molecule has 0 bridgehead atoms. The van der Waals surface area contributed by atoms with Crippen LogP contribution in [0.5, 0.6) is 0 Å². The Morgan fingerprint density at radius 1 is 0.232 bits per heavy atom. The Bertz CT molecular complexity index is 3490. The van der Waals surface area contributed by atoms with E-state index in [9.17, 15) is 0 Å². The Labute approximate surface area is 404 Å². The van der Waals surface area contributed by atoms with Gasteiger partial charge in [0.2, 0.25) is 0 Å². The molecule has 1 nitrogen and oxygen atoms in total. The van der Waals surface area contributed by atoms with Crippen LogP contribution in [0.25, 0.3) is 44.5 Å². The van der Waals surface area contributed by atoms with E-state index in [-0.39, 0.29) is 0 Å². The highest BCUT2D eigenvalue weighted by Gasteiger charge is 2.48. The zero-order valence-corrected chi connectivity index (χ0v) is 38.1. The first-order valence-corrected chi connectivity index (χ1v) is 24.0. The van der Waals surface area contributed by atoms with Gasteiger partial charge in [0.05, 0.1) is 16.5 Å². The predicted molar refractivity (Wildman–Crippen MR) is 287 cm³/mol. The van der Waals surface area contributed by atoms with Gasteiger partial charge in [0.25, 0.3) is 0 Å². The molecule has 2 aliphatic rings. The summed E-state index contributed by atoms with van der Waals surface area (Å²) in [6, 6.07) is 106. The standard InChI is InChI=1S/C68H47N/c1-6-23-48(24-7-1)50-45-51(49-25-8-2-9-26-49)47-57(46-50)69(56-43-41-55(42-44-56)67(52-27-10-3-11-28-52)61-36-19-16-33-58(61)59-34-17-20-37-62(59)67)65-40-22-39-64-66(65)60-35-18-21-38-63(60)68(64,53-29-12-4-13-30-53)54-31-14-5-15-32-54/h1-47H. The van der Waals surface area contributed by atoms with Crippen molar-refractivity contribution in [3.8, 4) is 44.5 Å². The molecule has 0 heterocycles. The van der Waals surface area contributed by atoms with Gasteiger partial charge in [0, 0.05) is 16.9 Å². The molecule has 0 saturated heterocycles. The fourth-order valence-corrected chi connectivity index (χ4v) is 12.0. The first-order valence-electron chi connectivity index (χ1n) is 24.0. The number of hydrogen-bond acceptors (Lipinski definition) is 1. The van der Waals surface area contributed by atoms with Crippen LogP contribution >= 0.6 is 0 Å². The van der Waals surface area contributed by atoms with Crippen LogP contribution in [0.2, 0.25) is 0 Å². The quantitative estimate of drug-likeness (QED) is 0.140. The van der Waals surface area contributed by atoms with Crippen LogP contribution in [0.15, 0.2) is 285 Å². The van der Waals surface area contributed by atoms with E-state index < -0.39 is 10.8 Å². The highest BCUT2D eigenvalue weighted by molar-refractivity contribution is 5.98. The Kier molecular flexibility index (Phi) is 9.70. The maximum absolute atomic E-state index is 2.52. The molecule has 0 N–H and O–H groups in total. The van der Waals surface area contributed by atoms with Crippen molar-refractivity contribution in [3.05, 3.63) is 330 Å². The smallest absolute Gasteiger partial charge is 0.0714 e. The van der Waals surface area contributed by atoms with E-state index in [2.05, 4.69) is 290 Å². The molecule has 2 aliphatic carbocycles. The molecule has 11 aromatic carbocycles. The summed E-state index contributed by atoms with van der Waals surface area (Å²) in [6.07, 6.45) is 0. The minimum absolute atomic E-state index is 0.511. The fourth-order valence-electron chi connectivity index (χ4n) is 12.0. The second-order valence-corrected chi connectivity index (χ2v) is 18.3. The molecule has 0 aliphatic heterocycles. The van der Waals surface area contributed by atoms with E-state index in [1.54, 1.807) is 0 Å². The predicted octanol–water partition coefficient (Wildman–Crippen LogP) is 17.2. The SMILES string of the molecule is c1ccc(-c2cc(-c3ccccc3)cc(N(c3ccc(C4(c5ccccc5)c5ccccc5-c5ccccc54)cc3)c3cccc4c3-c3ccccc3C4(c3ccccc3)c3ccccc3)c2)cc1. The van der Waals surface area contributed by atoms with Crippen molar-refractivity contribution < 1.29 is 0 Å². The van der Waals surface area contributed by atoms with Crippen LogP contribution in [-0.4, -0.2) is 0 Å². The molecule has 0 aromatic heterocycles. The topological polar surface area (TPSA) is 3.24 Å². The lowest BCUT2D eigenvalue weighted by Gasteiger charge is -2.35. The number of hydrogen-bond donors (Lipinski definition) is 0. The molecule has 0 amide bonds. The zero-order valence-electron chi connectivity index (χ0n) is 38.1. The van der Waals surface area contributed by atoms with Crippen molar-refractivity contribution in [1.29, 1.82) is 0 Å². The van der Waals surface area contributed by atoms with Crippen molar-refractivity contribution in [2.75, 3.05) is 4.90 Å². The molecule has 324 valence electrons. The van der Waals surface area contributed by atoms with Crippen molar-refractivity contribution in [2.24, 2.45) is 0 Å². The molecule has 0 unspecified atom stereocenters. The summed E-state index contributed by atoms with van der Waals surface area (Å²) >= 11 is 0. The van der Waals surface area contributed by atoms with Gasteiger partial charge in [-0.25, -0.2) is 0 Å². The van der Waals surface area contributed by atoms with E-state index in [4.69, 9.17) is 0 Å². The van der Waals surface area contributed by atoms with Gasteiger partial charge in [0.1, 0.15) is 0 Å². The molecular formula is C68H47N. The lowest BCUT2D eigenvalue weighted by atomic mass is 9.67. The first kappa shape index (κ1) is 40.5. The van der Waals surface area contributed by atoms with Gasteiger partial charge >= 0.3 is 0 Å². The van der Waals surface area contributed by atoms with E-state index in [0.717, 1.165) is 28.2 Å². The van der Waals surface area contributed by atoms with Gasteiger partial charge in [-0.15, -0.1) is 0 Å². The molecule has 0 atom stereocenters. The van der Waals surface area contributed by atoms with Crippen LogP contribution in [-0.2, 0) is 10.8 Å². The molecule has 69 heavy (non-hydrogen) atoms. The van der Waals surface area contributed by atoms with Crippen molar-refractivity contribution in [1.82, 2.24) is 0 Å². The summed E-state index contributed by atoms with van der Waals surface area (Å²) in [5.41, 5.74) is 22.1. The largest absolute Gasteiger partial charge is 0.310 e. The van der Waals surface area contributed by atoms with E-state index in [0.29, 0.717) is 0 Å². The maximum Gasteiger partial charge on any atom is 0.0714 e. The Morgan fingerprint density at radius 3 is 1.07 bits per heavy atom. The number of benzene rings is 11. The van der Waals surface area contributed by atoms with Gasteiger partial charge in [-0.05, 0) is 120 Å². The molecule has 0 radical (unpaired) electrons. The number of fused-ring (bicyclic) bond motifs is 6. The average molecular weight is 878 g/mol. The van der Waals surface area contributed by atoms with Gasteiger partial charge in [-0.3, -0.25) is 0 Å². The van der Waals surface area contributed by atoms with Crippen LogP contribution in [0.3, 0.4) is 0 Å². The zero-order chi connectivity index (χ0) is 45.8. The van der Waals surface area contributed by atoms with Gasteiger partial charge in [-0.2, -0.15) is 0 Å². The Hall–Kier alpha value is -8.78. The molecule has 0 saturated carbocycles. The van der Waals surface area contributed by atoms with Gasteiger partial charge in [0.15, 0.2) is 0 Å². The summed E-state index contributed by atoms with van der Waals surface area (Å²) < 4.78 is 0. The number of anilines is 3. The maximum atomic E-state index is 2.52.